The van der Waals surface area contributed by atoms with E-state index in [4.69, 9.17) is 8.92 Å². The van der Waals surface area contributed by atoms with E-state index in [0.717, 1.165) is 10.9 Å². The van der Waals surface area contributed by atoms with Gasteiger partial charge in [-0.25, -0.2) is 0 Å². The van der Waals surface area contributed by atoms with Gasteiger partial charge in [0.2, 0.25) is 0 Å². The molecule has 0 heterocycles. The Balaban J connectivity index is 4.12. The topological polar surface area (TPSA) is 20.2 Å². The van der Waals surface area contributed by atoms with E-state index in [1.807, 2.05) is 6.92 Å². The van der Waals surface area contributed by atoms with E-state index >= 15 is 0 Å². The number of aliphatic hydroxyl groups is 1. The number of hydrogen-bond donors (Lipinski definition) is 1. The third-order valence-electron chi connectivity index (χ3n) is 3.03. The van der Waals surface area contributed by atoms with Crippen molar-refractivity contribution >= 4 is 26.2 Å². The molecule has 0 aromatic carbocycles. The first kappa shape index (κ1) is 16.0. The zero-order valence-corrected chi connectivity index (χ0v) is 14.2. The van der Waals surface area contributed by atoms with E-state index in [2.05, 4.69) is 13.8 Å². The molecule has 0 aromatic heterocycles. The van der Waals surface area contributed by atoms with E-state index in [-0.39, 0.29) is 6.10 Å². The standard InChI is InChI=1S/C4H9O.2C4H9.ClH.Sn/c1-3-4(2)5;2*1-3-4-2;;/h4-5H,2-3H2,1H3;2*1,3-4H2,2H3;1H;/q;;;;+1/p-1. The van der Waals surface area contributed by atoms with Gasteiger partial charge >= 0.3 is 104 Å². The Kier molecular flexibility index (Phi) is 9.76. The summed E-state index contributed by atoms with van der Waals surface area (Å²) in [6.45, 7) is 6.49. The van der Waals surface area contributed by atoms with E-state index in [9.17, 15) is 5.11 Å². The monoisotopic (exact) mass is 342 g/mol. The first-order valence-electron chi connectivity index (χ1n) is 6.45. The van der Waals surface area contributed by atoms with E-state index < -0.39 is 17.3 Å². The minimum absolute atomic E-state index is 0.132. The summed E-state index contributed by atoms with van der Waals surface area (Å²) in [5.74, 6) is 0. The molecule has 0 aliphatic carbocycles. The van der Waals surface area contributed by atoms with Crippen LogP contribution in [0.5, 0.6) is 0 Å². The summed E-state index contributed by atoms with van der Waals surface area (Å²) >= 11 is -2.42. The molecule has 0 amide bonds. The van der Waals surface area contributed by atoms with E-state index in [0.29, 0.717) is 0 Å². The maximum absolute atomic E-state index is 9.76. The van der Waals surface area contributed by atoms with Crippen molar-refractivity contribution in [2.24, 2.45) is 0 Å². The Labute approximate surface area is 103 Å². The van der Waals surface area contributed by atoms with Gasteiger partial charge in [0, 0.05) is 0 Å². The van der Waals surface area contributed by atoms with Crippen LogP contribution in [0.4, 0.5) is 0 Å². The first-order chi connectivity index (χ1) is 7.08. The second-order valence-corrected chi connectivity index (χ2v) is 20.6. The molecule has 0 rings (SSSR count). The zero-order valence-electron chi connectivity index (χ0n) is 10.6. The van der Waals surface area contributed by atoms with Crippen LogP contribution in [0.1, 0.15) is 52.9 Å². The van der Waals surface area contributed by atoms with Crippen LogP contribution in [0.25, 0.3) is 0 Å². The molecule has 15 heavy (non-hydrogen) atoms. The van der Waals surface area contributed by atoms with Crippen molar-refractivity contribution in [2.45, 2.75) is 72.3 Å². The maximum atomic E-state index is 9.76. The number of rotatable bonds is 9. The molecule has 0 saturated carbocycles. The SMILES string of the molecule is CCC[CH2][Sn]([Cl])([CH2]CCC)[CH2]C(O)CC. The van der Waals surface area contributed by atoms with Crippen LogP contribution in [-0.2, 0) is 0 Å². The summed E-state index contributed by atoms with van der Waals surface area (Å²) in [7, 11) is 6.82. The van der Waals surface area contributed by atoms with E-state index in [1.54, 1.807) is 0 Å². The van der Waals surface area contributed by atoms with Crippen molar-refractivity contribution in [2.75, 3.05) is 0 Å². The van der Waals surface area contributed by atoms with Crippen molar-refractivity contribution in [1.82, 2.24) is 0 Å². The molecule has 3 heteroatoms. The molecular formula is C12H27ClOSn. The molecule has 1 unspecified atom stereocenters. The van der Waals surface area contributed by atoms with Gasteiger partial charge in [0.1, 0.15) is 0 Å². The van der Waals surface area contributed by atoms with Gasteiger partial charge in [-0.15, -0.1) is 0 Å². The third kappa shape index (κ3) is 7.87. The zero-order chi connectivity index (χ0) is 11.7. The Morgan fingerprint density at radius 3 is 1.87 bits per heavy atom. The first-order valence-corrected chi connectivity index (χ1v) is 16.1. The molecule has 1 N–H and O–H groups in total. The number of aliphatic hydroxyl groups excluding tert-OH is 1. The quantitative estimate of drug-likeness (QED) is 0.610. The summed E-state index contributed by atoms with van der Waals surface area (Å²) in [5, 5.41) is 9.76. The van der Waals surface area contributed by atoms with Crippen LogP contribution in [0.2, 0.25) is 13.3 Å². The second kappa shape index (κ2) is 9.12. The Hall–Kier alpha value is 1.05. The van der Waals surface area contributed by atoms with Crippen molar-refractivity contribution < 1.29 is 5.11 Å². The number of unbranched alkanes of at least 4 members (excludes halogenated alkanes) is 2. The summed E-state index contributed by atoms with van der Waals surface area (Å²) in [6.07, 6.45) is 5.73. The Morgan fingerprint density at radius 2 is 1.53 bits per heavy atom. The van der Waals surface area contributed by atoms with Crippen LogP contribution in [0.15, 0.2) is 0 Å². The van der Waals surface area contributed by atoms with Crippen LogP contribution in [-0.4, -0.2) is 28.5 Å². The second-order valence-electron chi connectivity index (χ2n) is 4.62. The van der Waals surface area contributed by atoms with Crippen LogP contribution < -0.4 is 0 Å². The van der Waals surface area contributed by atoms with Gasteiger partial charge in [0.15, 0.2) is 0 Å². The third-order valence-corrected chi connectivity index (χ3v) is 17.2. The van der Waals surface area contributed by atoms with Crippen molar-refractivity contribution in [3.63, 3.8) is 0 Å². The Morgan fingerprint density at radius 1 is 1.07 bits per heavy atom. The van der Waals surface area contributed by atoms with Gasteiger partial charge in [-0.3, -0.25) is 0 Å². The minimum atomic E-state index is -2.42. The molecule has 0 spiro atoms. The number of halogens is 1. The van der Waals surface area contributed by atoms with Gasteiger partial charge < -0.3 is 0 Å². The van der Waals surface area contributed by atoms with Crippen molar-refractivity contribution in [3.05, 3.63) is 0 Å². The summed E-state index contributed by atoms with van der Waals surface area (Å²) in [6, 6.07) is 0. The predicted molar refractivity (Wildman–Crippen MR) is 72.1 cm³/mol. The van der Waals surface area contributed by atoms with Gasteiger partial charge in [-0.2, -0.15) is 0 Å². The molecule has 0 fully saturated rings. The summed E-state index contributed by atoms with van der Waals surface area (Å²) in [4.78, 5) is 0. The molecule has 1 nitrogen and oxygen atoms in total. The van der Waals surface area contributed by atoms with Crippen LogP contribution in [0.3, 0.4) is 0 Å². The fourth-order valence-corrected chi connectivity index (χ4v) is 15.6. The summed E-state index contributed by atoms with van der Waals surface area (Å²) in [5.41, 5.74) is 0. The average Bonchev–Trinajstić information content (AvgIpc) is 2.23. The molecule has 0 aliphatic heterocycles. The van der Waals surface area contributed by atoms with Crippen LogP contribution >= 0.6 is 8.92 Å². The molecule has 0 bridgehead atoms. The molecule has 0 aliphatic rings. The van der Waals surface area contributed by atoms with Crippen LogP contribution in [0, 0.1) is 0 Å². The normalized spacial score (nSPS) is 14.2. The molecule has 92 valence electrons. The van der Waals surface area contributed by atoms with E-state index in [1.165, 1.54) is 34.6 Å². The van der Waals surface area contributed by atoms with Gasteiger partial charge in [0.25, 0.3) is 0 Å². The average molecular weight is 342 g/mol. The molecular weight excluding hydrogens is 314 g/mol. The van der Waals surface area contributed by atoms with Gasteiger partial charge in [-0.1, -0.05) is 0 Å². The van der Waals surface area contributed by atoms with Gasteiger partial charge in [0.05, 0.1) is 0 Å². The molecule has 0 saturated heterocycles. The fourth-order valence-electron chi connectivity index (χ4n) is 1.88. The molecule has 0 aromatic rings. The van der Waals surface area contributed by atoms with Gasteiger partial charge in [-0.05, 0) is 0 Å². The number of hydrogen-bond acceptors (Lipinski definition) is 1. The fraction of sp³-hybridized carbons (Fsp3) is 1.00. The molecule has 0 radical (unpaired) electrons. The molecule has 1 atom stereocenters. The van der Waals surface area contributed by atoms with Crippen molar-refractivity contribution in [1.29, 1.82) is 0 Å². The predicted octanol–water partition coefficient (Wildman–Crippen LogP) is 4.54. The Bertz CT molecular complexity index is 145. The van der Waals surface area contributed by atoms with Crippen molar-refractivity contribution in [3.8, 4) is 0 Å². The summed E-state index contributed by atoms with van der Waals surface area (Å²) < 4.78 is 3.47.